The molecule has 3 atom stereocenters. The van der Waals surface area contributed by atoms with Crippen molar-refractivity contribution in [2.24, 2.45) is 17.8 Å². The van der Waals surface area contributed by atoms with Crippen LogP contribution in [0.2, 0.25) is 0 Å². The van der Waals surface area contributed by atoms with Gasteiger partial charge < -0.3 is 4.74 Å². The molecule has 0 N–H and O–H groups in total. The summed E-state index contributed by atoms with van der Waals surface area (Å²) in [6.07, 6.45) is 5.01. The summed E-state index contributed by atoms with van der Waals surface area (Å²) in [6, 6.07) is 5.98. The molecule has 0 saturated heterocycles. The van der Waals surface area contributed by atoms with Crippen molar-refractivity contribution in [2.75, 3.05) is 7.11 Å². The number of benzene rings is 1. The molecule has 0 aliphatic heterocycles. The minimum atomic E-state index is -0.881. The van der Waals surface area contributed by atoms with E-state index in [0.717, 1.165) is 35.8 Å². The van der Waals surface area contributed by atoms with Crippen LogP contribution in [0.15, 0.2) is 36.2 Å². The van der Waals surface area contributed by atoms with Crippen molar-refractivity contribution < 1.29 is 18.7 Å². The van der Waals surface area contributed by atoms with Gasteiger partial charge in [-0.3, -0.25) is 9.59 Å². The molecule has 4 heteroatoms. The maximum Gasteiger partial charge on any atom is 0.195 e. The van der Waals surface area contributed by atoms with Gasteiger partial charge in [-0.1, -0.05) is 12.1 Å². The van der Waals surface area contributed by atoms with E-state index in [-0.39, 0.29) is 11.7 Å². The lowest BCUT2D eigenvalue weighted by atomic mass is 9.61. The molecule has 0 bridgehead atoms. The average molecular weight is 312 g/mol. The standard InChI is InChI=1S/C19H17FO3/c1-23-11-3-5-12-10(8-11)2-4-14-13(12)6-7-15-18(14)17(21)9-16(20)19(15)22/h3,5-6,8-9,14-15,18H,2,4,7H2,1H3. The number of aryl methyl sites for hydroxylation is 1. The first kappa shape index (κ1) is 14.4. The van der Waals surface area contributed by atoms with Crippen LogP contribution in [0.3, 0.4) is 0 Å². The van der Waals surface area contributed by atoms with Gasteiger partial charge in [-0.25, -0.2) is 4.39 Å². The number of rotatable bonds is 1. The number of fused-ring (bicyclic) bond motifs is 5. The van der Waals surface area contributed by atoms with E-state index in [9.17, 15) is 14.0 Å². The Morgan fingerprint density at radius 3 is 2.83 bits per heavy atom. The fraction of sp³-hybridized carbons (Fsp3) is 0.368. The van der Waals surface area contributed by atoms with Gasteiger partial charge in [0.25, 0.3) is 0 Å². The first-order chi connectivity index (χ1) is 11.1. The number of Topliss-reactive ketones (excluding diaryl/α,β-unsaturated/α-hetero) is 1. The molecule has 4 rings (SSSR count). The second-order valence-electron chi connectivity index (χ2n) is 6.45. The molecule has 3 aliphatic rings. The second-order valence-corrected chi connectivity index (χ2v) is 6.45. The summed E-state index contributed by atoms with van der Waals surface area (Å²) >= 11 is 0. The average Bonchev–Trinajstić information content (AvgIpc) is 2.57. The Labute approximate surface area is 133 Å². The smallest absolute Gasteiger partial charge is 0.195 e. The minimum absolute atomic E-state index is 0.00967. The van der Waals surface area contributed by atoms with Gasteiger partial charge in [-0.15, -0.1) is 0 Å². The second kappa shape index (κ2) is 5.15. The lowest BCUT2D eigenvalue weighted by Crippen LogP contribution is -2.42. The topological polar surface area (TPSA) is 43.4 Å². The highest BCUT2D eigenvalue weighted by atomic mass is 19.1. The highest BCUT2D eigenvalue weighted by molar-refractivity contribution is 6.10. The number of hydrogen-bond donors (Lipinski definition) is 0. The van der Waals surface area contributed by atoms with Crippen molar-refractivity contribution in [3.05, 3.63) is 47.3 Å². The summed E-state index contributed by atoms with van der Waals surface area (Å²) in [4.78, 5) is 24.4. The molecule has 1 aromatic carbocycles. The number of halogens is 1. The molecule has 0 aromatic heterocycles. The third-order valence-corrected chi connectivity index (χ3v) is 5.38. The van der Waals surface area contributed by atoms with Gasteiger partial charge in [-0.05, 0) is 54.0 Å². The van der Waals surface area contributed by atoms with Crippen LogP contribution >= 0.6 is 0 Å². The molecule has 3 nitrogen and oxygen atoms in total. The van der Waals surface area contributed by atoms with Gasteiger partial charge >= 0.3 is 0 Å². The fourth-order valence-corrected chi connectivity index (χ4v) is 4.30. The number of carbonyl (C=O) groups excluding carboxylic acids is 2. The summed E-state index contributed by atoms with van der Waals surface area (Å²) in [7, 11) is 1.64. The Morgan fingerprint density at radius 1 is 1.22 bits per heavy atom. The summed E-state index contributed by atoms with van der Waals surface area (Å²) in [5.41, 5.74) is 3.48. The van der Waals surface area contributed by atoms with Gasteiger partial charge in [0.1, 0.15) is 5.75 Å². The van der Waals surface area contributed by atoms with Gasteiger partial charge in [0, 0.05) is 17.9 Å². The normalized spacial score (nSPS) is 29.0. The highest BCUT2D eigenvalue weighted by Crippen LogP contribution is 2.49. The van der Waals surface area contributed by atoms with Gasteiger partial charge in [0.2, 0.25) is 0 Å². The highest BCUT2D eigenvalue weighted by Gasteiger charge is 2.47. The number of allylic oxidation sites excluding steroid dienone is 4. The number of methoxy groups -OCH3 is 1. The molecule has 3 unspecified atom stereocenters. The van der Waals surface area contributed by atoms with Gasteiger partial charge in [-0.2, -0.15) is 0 Å². The maximum absolute atomic E-state index is 13.6. The molecular formula is C19H17FO3. The van der Waals surface area contributed by atoms with E-state index in [1.165, 1.54) is 5.56 Å². The van der Waals surface area contributed by atoms with E-state index in [1.54, 1.807) is 7.11 Å². The van der Waals surface area contributed by atoms with E-state index in [4.69, 9.17) is 4.74 Å². The summed E-state index contributed by atoms with van der Waals surface area (Å²) in [6.45, 7) is 0. The summed E-state index contributed by atoms with van der Waals surface area (Å²) in [5, 5.41) is 0. The van der Waals surface area contributed by atoms with Gasteiger partial charge in [0.15, 0.2) is 17.4 Å². The summed E-state index contributed by atoms with van der Waals surface area (Å²) < 4.78 is 18.9. The van der Waals surface area contributed by atoms with Crippen LogP contribution in [0.1, 0.15) is 24.0 Å². The van der Waals surface area contributed by atoms with Crippen LogP contribution < -0.4 is 4.74 Å². The zero-order chi connectivity index (χ0) is 16.1. The third-order valence-electron chi connectivity index (χ3n) is 5.38. The van der Waals surface area contributed by atoms with Crippen molar-refractivity contribution in [1.29, 1.82) is 0 Å². The largest absolute Gasteiger partial charge is 0.497 e. The molecule has 0 radical (unpaired) electrons. The maximum atomic E-state index is 13.6. The Balaban J connectivity index is 1.77. The van der Waals surface area contributed by atoms with Crippen molar-refractivity contribution in [3.8, 4) is 5.75 Å². The molecule has 0 fully saturated rings. The quantitative estimate of drug-likeness (QED) is 0.799. The zero-order valence-electron chi connectivity index (χ0n) is 12.8. The Morgan fingerprint density at radius 2 is 2.04 bits per heavy atom. The van der Waals surface area contributed by atoms with Crippen LogP contribution in [0.25, 0.3) is 5.57 Å². The van der Waals surface area contributed by atoms with Crippen LogP contribution in [-0.4, -0.2) is 18.7 Å². The molecule has 0 saturated carbocycles. The van der Waals surface area contributed by atoms with Crippen LogP contribution in [0.5, 0.6) is 5.75 Å². The van der Waals surface area contributed by atoms with Crippen molar-refractivity contribution in [2.45, 2.75) is 19.3 Å². The minimum Gasteiger partial charge on any atom is -0.497 e. The molecule has 23 heavy (non-hydrogen) atoms. The third kappa shape index (κ3) is 2.08. The van der Waals surface area contributed by atoms with Crippen molar-refractivity contribution >= 4 is 17.1 Å². The van der Waals surface area contributed by atoms with Crippen molar-refractivity contribution in [1.82, 2.24) is 0 Å². The van der Waals surface area contributed by atoms with Gasteiger partial charge in [0.05, 0.1) is 7.11 Å². The number of ether oxygens (including phenoxy) is 1. The molecular weight excluding hydrogens is 295 g/mol. The number of ketones is 2. The van der Waals surface area contributed by atoms with E-state index >= 15 is 0 Å². The molecule has 0 amide bonds. The first-order valence-electron chi connectivity index (χ1n) is 7.92. The molecule has 0 heterocycles. The van der Waals surface area contributed by atoms with Crippen LogP contribution in [0, 0.1) is 17.8 Å². The molecule has 3 aliphatic carbocycles. The number of hydrogen-bond acceptors (Lipinski definition) is 3. The van der Waals surface area contributed by atoms with E-state index < -0.39 is 23.4 Å². The lowest BCUT2D eigenvalue weighted by molar-refractivity contribution is -0.132. The Bertz CT molecular complexity index is 775. The number of carbonyl (C=O) groups is 2. The lowest BCUT2D eigenvalue weighted by Gasteiger charge is -2.41. The monoisotopic (exact) mass is 312 g/mol. The fourth-order valence-electron chi connectivity index (χ4n) is 4.30. The Hall–Kier alpha value is -2.23. The Kier molecular flexibility index (Phi) is 3.22. The van der Waals surface area contributed by atoms with E-state index in [1.807, 2.05) is 24.3 Å². The predicted molar refractivity (Wildman–Crippen MR) is 83.6 cm³/mol. The van der Waals surface area contributed by atoms with E-state index in [0.29, 0.717) is 6.42 Å². The van der Waals surface area contributed by atoms with Crippen LogP contribution in [-0.2, 0) is 16.0 Å². The van der Waals surface area contributed by atoms with Crippen molar-refractivity contribution in [3.63, 3.8) is 0 Å². The summed E-state index contributed by atoms with van der Waals surface area (Å²) in [5.74, 6) is -1.72. The SMILES string of the molecule is COc1ccc2c(c1)CCC1C2=CCC2C(=O)C(F)=CC(=O)C21. The van der Waals surface area contributed by atoms with Crippen LogP contribution in [0.4, 0.5) is 4.39 Å². The zero-order valence-corrected chi connectivity index (χ0v) is 12.8. The predicted octanol–water partition coefficient (Wildman–Crippen LogP) is 3.28. The molecule has 0 spiro atoms. The molecule has 1 aromatic rings. The molecule has 118 valence electrons. The van der Waals surface area contributed by atoms with E-state index in [2.05, 4.69) is 0 Å². The first-order valence-corrected chi connectivity index (χ1v) is 7.92.